The number of quaternary nitrogens is 1. The molecule has 1 fully saturated rings. The van der Waals surface area contributed by atoms with Gasteiger partial charge in [0.25, 0.3) is 0 Å². The SMILES string of the molecule is CCOC(=O)[C@@H]1CCC[NH+](Cc2ccc(-c3ccccc3)cc2)C1. The maximum atomic E-state index is 12.0. The lowest BCUT2D eigenvalue weighted by Crippen LogP contribution is -3.12. The zero-order valence-electron chi connectivity index (χ0n) is 14.3. The van der Waals surface area contributed by atoms with E-state index in [9.17, 15) is 4.79 Å². The number of nitrogens with one attached hydrogen (secondary N) is 1. The second kappa shape index (κ2) is 8.11. The third kappa shape index (κ3) is 4.24. The fourth-order valence-corrected chi connectivity index (χ4v) is 3.51. The molecule has 24 heavy (non-hydrogen) atoms. The molecule has 0 amide bonds. The molecule has 0 radical (unpaired) electrons. The Morgan fingerprint density at radius 3 is 2.50 bits per heavy atom. The molecule has 3 nitrogen and oxygen atoms in total. The van der Waals surface area contributed by atoms with E-state index in [-0.39, 0.29) is 11.9 Å². The summed E-state index contributed by atoms with van der Waals surface area (Å²) in [6.45, 7) is 5.35. The topological polar surface area (TPSA) is 30.7 Å². The van der Waals surface area contributed by atoms with Crippen molar-refractivity contribution in [1.29, 1.82) is 0 Å². The fourth-order valence-electron chi connectivity index (χ4n) is 3.51. The maximum Gasteiger partial charge on any atom is 0.314 e. The van der Waals surface area contributed by atoms with Gasteiger partial charge >= 0.3 is 5.97 Å². The Hall–Kier alpha value is -2.13. The van der Waals surface area contributed by atoms with E-state index in [2.05, 4.69) is 48.5 Å². The number of carbonyl (C=O) groups excluding carboxylic acids is 1. The van der Waals surface area contributed by atoms with Crippen LogP contribution >= 0.6 is 0 Å². The minimum atomic E-state index is -0.0193. The zero-order chi connectivity index (χ0) is 16.8. The first kappa shape index (κ1) is 16.7. The van der Waals surface area contributed by atoms with E-state index >= 15 is 0 Å². The summed E-state index contributed by atoms with van der Waals surface area (Å²) in [5, 5.41) is 0. The summed E-state index contributed by atoms with van der Waals surface area (Å²) < 4.78 is 5.19. The molecule has 0 saturated carbocycles. The Morgan fingerprint density at radius 1 is 1.08 bits per heavy atom. The van der Waals surface area contributed by atoms with Crippen molar-refractivity contribution in [3.63, 3.8) is 0 Å². The molecule has 1 saturated heterocycles. The van der Waals surface area contributed by atoms with E-state index in [0.29, 0.717) is 6.61 Å². The molecule has 0 spiro atoms. The van der Waals surface area contributed by atoms with Crippen LogP contribution in [0.2, 0.25) is 0 Å². The summed E-state index contributed by atoms with van der Waals surface area (Å²) in [5.74, 6) is 0.0476. The molecule has 1 aliphatic heterocycles. The smallest absolute Gasteiger partial charge is 0.314 e. The van der Waals surface area contributed by atoms with Crippen molar-refractivity contribution < 1.29 is 14.4 Å². The first-order valence-electron chi connectivity index (χ1n) is 8.91. The highest BCUT2D eigenvalue weighted by Gasteiger charge is 2.29. The van der Waals surface area contributed by atoms with Gasteiger partial charge in [0.2, 0.25) is 0 Å². The van der Waals surface area contributed by atoms with Crippen LogP contribution < -0.4 is 4.90 Å². The van der Waals surface area contributed by atoms with E-state index in [1.807, 2.05) is 13.0 Å². The third-order valence-corrected chi connectivity index (χ3v) is 4.75. The van der Waals surface area contributed by atoms with Crippen LogP contribution in [0.1, 0.15) is 25.3 Å². The first-order chi connectivity index (χ1) is 11.8. The fraction of sp³-hybridized carbons (Fsp3) is 0.381. The van der Waals surface area contributed by atoms with E-state index in [1.54, 1.807) is 0 Å². The van der Waals surface area contributed by atoms with Gasteiger partial charge in [0, 0.05) is 5.56 Å². The number of piperidine rings is 1. The van der Waals surface area contributed by atoms with Gasteiger partial charge in [0.1, 0.15) is 12.5 Å². The molecule has 1 unspecified atom stereocenters. The molecule has 2 aromatic carbocycles. The maximum absolute atomic E-state index is 12.0. The Balaban J connectivity index is 1.60. The molecule has 1 heterocycles. The Labute approximate surface area is 144 Å². The number of hydrogen-bond donors (Lipinski definition) is 1. The molecule has 1 N–H and O–H groups in total. The second-order valence-electron chi connectivity index (χ2n) is 6.54. The van der Waals surface area contributed by atoms with Gasteiger partial charge in [-0.2, -0.15) is 0 Å². The van der Waals surface area contributed by atoms with Crippen molar-refractivity contribution in [3.05, 3.63) is 60.2 Å². The van der Waals surface area contributed by atoms with Gasteiger partial charge in [-0.3, -0.25) is 4.79 Å². The number of rotatable bonds is 5. The average Bonchev–Trinajstić information content (AvgIpc) is 2.63. The van der Waals surface area contributed by atoms with E-state index in [0.717, 1.165) is 32.5 Å². The summed E-state index contributed by atoms with van der Waals surface area (Å²) in [4.78, 5) is 13.4. The normalized spacial score (nSPS) is 20.5. The lowest BCUT2D eigenvalue weighted by Gasteiger charge is -2.28. The number of esters is 1. The van der Waals surface area contributed by atoms with Crippen LogP contribution in [0.25, 0.3) is 11.1 Å². The Morgan fingerprint density at radius 2 is 1.79 bits per heavy atom. The standard InChI is InChI=1S/C21H25NO2/c1-2-24-21(23)20-9-6-14-22(16-20)15-17-10-12-19(13-11-17)18-7-4-3-5-8-18/h3-5,7-8,10-13,20H,2,6,9,14-16H2,1H3/p+1/t20-/m1/s1. The molecule has 126 valence electrons. The minimum Gasteiger partial charge on any atom is -0.466 e. The Bertz CT molecular complexity index is 651. The second-order valence-corrected chi connectivity index (χ2v) is 6.54. The summed E-state index contributed by atoms with van der Waals surface area (Å²) >= 11 is 0. The van der Waals surface area contributed by atoms with Crippen LogP contribution in [-0.4, -0.2) is 25.7 Å². The van der Waals surface area contributed by atoms with Crippen LogP contribution in [0.15, 0.2) is 54.6 Å². The van der Waals surface area contributed by atoms with Gasteiger partial charge in [-0.25, -0.2) is 0 Å². The molecule has 0 aliphatic carbocycles. The third-order valence-electron chi connectivity index (χ3n) is 4.75. The van der Waals surface area contributed by atoms with Crippen LogP contribution in [0.3, 0.4) is 0 Å². The van der Waals surface area contributed by atoms with E-state index in [1.165, 1.54) is 21.6 Å². The predicted octanol–water partition coefficient (Wildman–Crippen LogP) is 2.71. The molecule has 3 heteroatoms. The van der Waals surface area contributed by atoms with Gasteiger partial charge in [-0.1, -0.05) is 54.6 Å². The zero-order valence-corrected chi connectivity index (χ0v) is 14.3. The first-order valence-corrected chi connectivity index (χ1v) is 8.91. The quantitative estimate of drug-likeness (QED) is 0.857. The lowest BCUT2D eigenvalue weighted by molar-refractivity contribution is -0.921. The largest absolute Gasteiger partial charge is 0.466 e. The summed E-state index contributed by atoms with van der Waals surface area (Å²) in [7, 11) is 0. The number of ether oxygens (including phenoxy) is 1. The minimum absolute atomic E-state index is 0.0193. The van der Waals surface area contributed by atoms with Crippen LogP contribution in [-0.2, 0) is 16.1 Å². The predicted molar refractivity (Wildman–Crippen MR) is 95.6 cm³/mol. The summed E-state index contributed by atoms with van der Waals surface area (Å²) in [6, 6.07) is 19.2. The number of carbonyl (C=O) groups is 1. The van der Waals surface area contributed by atoms with Crippen LogP contribution in [0.5, 0.6) is 0 Å². The molecule has 2 aromatic rings. The highest BCUT2D eigenvalue weighted by molar-refractivity contribution is 5.72. The van der Waals surface area contributed by atoms with Gasteiger partial charge in [0.15, 0.2) is 0 Å². The van der Waals surface area contributed by atoms with Crippen molar-refractivity contribution in [3.8, 4) is 11.1 Å². The summed E-state index contributed by atoms with van der Waals surface area (Å²) in [6.07, 6.45) is 2.07. The van der Waals surface area contributed by atoms with Gasteiger partial charge < -0.3 is 9.64 Å². The Kier molecular flexibility index (Phi) is 5.65. The van der Waals surface area contributed by atoms with Gasteiger partial charge in [-0.15, -0.1) is 0 Å². The lowest BCUT2D eigenvalue weighted by atomic mass is 9.97. The van der Waals surface area contributed by atoms with Gasteiger partial charge in [0.05, 0.1) is 19.7 Å². The molecule has 3 rings (SSSR count). The van der Waals surface area contributed by atoms with E-state index in [4.69, 9.17) is 4.74 Å². The molecular weight excluding hydrogens is 298 g/mol. The van der Waals surface area contributed by atoms with Crippen molar-refractivity contribution in [2.24, 2.45) is 5.92 Å². The average molecular weight is 324 g/mol. The molecule has 0 bridgehead atoms. The molecule has 1 aliphatic rings. The van der Waals surface area contributed by atoms with Crippen molar-refractivity contribution in [2.45, 2.75) is 26.3 Å². The number of hydrogen-bond acceptors (Lipinski definition) is 2. The van der Waals surface area contributed by atoms with Crippen molar-refractivity contribution in [2.75, 3.05) is 19.7 Å². The molecular formula is C21H26NO2+. The monoisotopic (exact) mass is 324 g/mol. The van der Waals surface area contributed by atoms with Gasteiger partial charge in [-0.05, 0) is 30.9 Å². The number of likely N-dealkylation sites (tertiary alicyclic amines) is 1. The van der Waals surface area contributed by atoms with Crippen LogP contribution in [0, 0.1) is 5.92 Å². The van der Waals surface area contributed by atoms with Crippen molar-refractivity contribution >= 4 is 5.97 Å². The number of benzene rings is 2. The highest BCUT2D eigenvalue weighted by atomic mass is 16.5. The molecule has 0 aromatic heterocycles. The summed E-state index contributed by atoms with van der Waals surface area (Å²) in [5.41, 5.74) is 3.82. The highest BCUT2D eigenvalue weighted by Crippen LogP contribution is 2.19. The van der Waals surface area contributed by atoms with Crippen molar-refractivity contribution in [1.82, 2.24) is 0 Å². The molecule has 2 atom stereocenters. The van der Waals surface area contributed by atoms with E-state index < -0.39 is 0 Å². The van der Waals surface area contributed by atoms with Crippen LogP contribution in [0.4, 0.5) is 0 Å².